The predicted octanol–water partition coefficient (Wildman–Crippen LogP) is 0.597. The van der Waals surface area contributed by atoms with Gasteiger partial charge in [-0.2, -0.15) is 0 Å². The van der Waals surface area contributed by atoms with Crippen molar-refractivity contribution in [2.75, 3.05) is 13.7 Å². The zero-order valence-corrected chi connectivity index (χ0v) is 18.6. The fourth-order valence-electron chi connectivity index (χ4n) is 3.48. The Morgan fingerprint density at radius 3 is 2.48 bits per heavy atom. The van der Waals surface area contributed by atoms with Crippen LogP contribution in [0.3, 0.4) is 0 Å². The monoisotopic (exact) mass is 463 g/mol. The topological polar surface area (TPSA) is 165 Å². The van der Waals surface area contributed by atoms with Gasteiger partial charge < -0.3 is 25.6 Å². The van der Waals surface area contributed by atoms with Crippen LogP contribution in [0.4, 0.5) is 4.79 Å². The molecule has 0 aromatic heterocycles. The average Bonchev–Trinajstić information content (AvgIpc) is 2.80. The van der Waals surface area contributed by atoms with Crippen LogP contribution in [0.5, 0.6) is 0 Å². The van der Waals surface area contributed by atoms with Gasteiger partial charge in [0, 0.05) is 13.5 Å². The lowest BCUT2D eigenvalue weighted by atomic mass is 9.84. The smallest absolute Gasteiger partial charge is 0.408 e. The first-order chi connectivity index (χ1) is 15.7. The van der Waals surface area contributed by atoms with Crippen molar-refractivity contribution in [1.29, 1.82) is 0 Å². The van der Waals surface area contributed by atoms with E-state index in [2.05, 4.69) is 5.32 Å². The summed E-state index contributed by atoms with van der Waals surface area (Å²) in [6.07, 6.45) is -1.73. The normalized spacial score (nSPS) is 21.4. The van der Waals surface area contributed by atoms with Crippen molar-refractivity contribution in [1.82, 2.24) is 10.2 Å². The van der Waals surface area contributed by atoms with E-state index in [0.29, 0.717) is 24.3 Å². The lowest BCUT2D eigenvalue weighted by Gasteiger charge is -2.42. The molecule has 1 aliphatic heterocycles. The Bertz CT molecular complexity index is 891. The Hall–Kier alpha value is -3.31. The number of amides is 3. The number of aliphatic carboxylic acids is 1. The fraction of sp³-hybridized carbons (Fsp3) is 0.500. The van der Waals surface area contributed by atoms with E-state index < -0.39 is 53.8 Å². The molecular formula is C22H29N3O8. The summed E-state index contributed by atoms with van der Waals surface area (Å²) in [6, 6.07) is 7.53. The van der Waals surface area contributed by atoms with E-state index in [9.17, 15) is 29.1 Å². The highest BCUT2D eigenvalue weighted by Crippen LogP contribution is 2.29. The second-order valence-electron chi connectivity index (χ2n) is 7.78. The molecular weight excluding hydrogens is 434 g/mol. The molecule has 0 spiro atoms. The van der Waals surface area contributed by atoms with Gasteiger partial charge >= 0.3 is 12.1 Å². The van der Waals surface area contributed by atoms with Crippen LogP contribution < -0.4 is 11.1 Å². The Balaban J connectivity index is 2.26. The maximum Gasteiger partial charge on any atom is 0.408 e. The number of unbranched alkanes of at least 4 members (excludes halogenated alkanes) is 1. The number of rotatable bonds is 10. The molecule has 33 heavy (non-hydrogen) atoms. The number of Topliss-reactive ketones (excluding diaryl/α,β-unsaturated/α-hetero) is 1. The molecule has 11 heteroatoms. The Kier molecular flexibility index (Phi) is 9.06. The number of carboxylic acid groups (broad SMARTS) is 1. The number of likely N-dealkylation sites (tertiary alicyclic amines) is 1. The van der Waals surface area contributed by atoms with Crippen LogP contribution in [-0.4, -0.2) is 71.0 Å². The Morgan fingerprint density at radius 2 is 1.91 bits per heavy atom. The lowest BCUT2D eigenvalue weighted by Crippen LogP contribution is -2.70. The number of imide groups is 1. The molecule has 0 radical (unpaired) electrons. The summed E-state index contributed by atoms with van der Waals surface area (Å²) in [5.74, 6) is -4.51. The van der Waals surface area contributed by atoms with Crippen LogP contribution in [0.2, 0.25) is 0 Å². The molecule has 1 fully saturated rings. The maximum atomic E-state index is 13.4. The number of carbonyl (C=O) groups is 5. The van der Waals surface area contributed by atoms with E-state index in [-0.39, 0.29) is 13.0 Å². The second-order valence-corrected chi connectivity index (χ2v) is 7.78. The number of carbonyl (C=O) groups excluding carboxylic acids is 4. The number of nitrogens with two attached hydrogens (primary N) is 1. The first-order valence-electron chi connectivity index (χ1n) is 10.5. The minimum Gasteiger partial charge on any atom is -0.479 e. The number of hydrogen-bond acceptors (Lipinski definition) is 8. The summed E-state index contributed by atoms with van der Waals surface area (Å²) >= 11 is 0. The average molecular weight is 463 g/mol. The standard InChI is InChI=1S/C22H29N3O8/c1-22(20(29)30)17(26)12-16(32-2)19(28)25(22)18(27)15(10-6-7-11-23)24-21(31)33-13-14-8-4-3-5-9-14/h3-5,8-9,15-16H,6-7,10-13,23H2,1-2H3,(H,24,31)(H,29,30)/t15-,16?,22+/m0/s1. The van der Waals surface area contributed by atoms with Gasteiger partial charge in [-0.1, -0.05) is 30.3 Å². The van der Waals surface area contributed by atoms with Crippen LogP contribution >= 0.6 is 0 Å². The minimum absolute atomic E-state index is 0.0573. The molecule has 4 N–H and O–H groups in total. The highest BCUT2D eigenvalue weighted by Gasteiger charge is 2.58. The zero-order valence-electron chi connectivity index (χ0n) is 18.6. The molecule has 1 saturated heterocycles. The van der Waals surface area contributed by atoms with E-state index >= 15 is 0 Å². The molecule has 180 valence electrons. The number of carboxylic acids is 1. The maximum absolute atomic E-state index is 13.4. The van der Waals surface area contributed by atoms with Crippen molar-refractivity contribution >= 4 is 29.7 Å². The molecule has 3 atom stereocenters. The lowest BCUT2D eigenvalue weighted by molar-refractivity contribution is -0.180. The van der Waals surface area contributed by atoms with Gasteiger partial charge in [-0.15, -0.1) is 0 Å². The summed E-state index contributed by atoms with van der Waals surface area (Å²) < 4.78 is 10.1. The quantitative estimate of drug-likeness (QED) is 0.333. The molecule has 1 heterocycles. The number of benzene rings is 1. The summed E-state index contributed by atoms with van der Waals surface area (Å²) in [4.78, 5) is 63.6. The van der Waals surface area contributed by atoms with E-state index in [4.69, 9.17) is 15.2 Å². The second kappa shape index (κ2) is 11.5. The van der Waals surface area contributed by atoms with Crippen molar-refractivity contribution in [3.63, 3.8) is 0 Å². The van der Waals surface area contributed by atoms with Crippen molar-refractivity contribution < 1.29 is 38.6 Å². The SMILES string of the molecule is COC1CC(=O)[C@](C)(C(=O)O)N(C(=O)[C@H](CCCCN)NC(=O)OCc2ccccc2)C1=O. The third kappa shape index (κ3) is 5.93. The number of alkyl carbamates (subject to hydrolysis) is 1. The van der Waals surface area contributed by atoms with Gasteiger partial charge in [0.15, 0.2) is 5.78 Å². The van der Waals surface area contributed by atoms with Crippen molar-refractivity contribution in [2.24, 2.45) is 5.73 Å². The minimum atomic E-state index is -2.43. The number of nitrogens with zero attached hydrogens (tertiary/aromatic N) is 1. The molecule has 1 aromatic carbocycles. The van der Waals surface area contributed by atoms with Gasteiger partial charge in [0.05, 0.1) is 0 Å². The van der Waals surface area contributed by atoms with Gasteiger partial charge in [-0.25, -0.2) is 9.59 Å². The number of nitrogens with one attached hydrogen (secondary N) is 1. The third-order valence-electron chi connectivity index (χ3n) is 5.53. The van der Waals surface area contributed by atoms with Gasteiger partial charge in [-0.05, 0) is 38.3 Å². The number of methoxy groups -OCH3 is 1. The third-order valence-corrected chi connectivity index (χ3v) is 5.53. The summed E-state index contributed by atoms with van der Waals surface area (Å²) in [7, 11) is 1.18. The first-order valence-corrected chi connectivity index (χ1v) is 10.5. The Labute approximate surface area is 191 Å². The van der Waals surface area contributed by atoms with Crippen LogP contribution in [0, 0.1) is 0 Å². The summed E-state index contributed by atoms with van der Waals surface area (Å²) in [5.41, 5.74) is 3.80. The number of ketones is 1. The molecule has 2 rings (SSSR count). The molecule has 1 aromatic rings. The zero-order chi connectivity index (χ0) is 24.6. The highest BCUT2D eigenvalue weighted by molar-refractivity contribution is 6.19. The van der Waals surface area contributed by atoms with Gasteiger partial charge in [0.25, 0.3) is 11.8 Å². The number of ether oxygens (including phenoxy) is 2. The number of piperidine rings is 1. The van der Waals surface area contributed by atoms with Crippen LogP contribution in [0.25, 0.3) is 0 Å². The molecule has 1 aliphatic rings. The number of hydrogen-bond donors (Lipinski definition) is 3. The molecule has 1 unspecified atom stereocenters. The van der Waals surface area contributed by atoms with E-state index in [1.165, 1.54) is 7.11 Å². The van der Waals surface area contributed by atoms with E-state index in [1.54, 1.807) is 30.3 Å². The molecule has 0 saturated carbocycles. The predicted molar refractivity (Wildman–Crippen MR) is 115 cm³/mol. The fourth-order valence-corrected chi connectivity index (χ4v) is 3.48. The van der Waals surface area contributed by atoms with E-state index in [1.807, 2.05) is 0 Å². The van der Waals surface area contributed by atoms with Gasteiger partial charge in [-0.3, -0.25) is 19.3 Å². The molecule has 0 bridgehead atoms. The van der Waals surface area contributed by atoms with Crippen LogP contribution in [0.15, 0.2) is 30.3 Å². The van der Waals surface area contributed by atoms with Gasteiger partial charge in [0.1, 0.15) is 18.8 Å². The molecule has 11 nitrogen and oxygen atoms in total. The van der Waals surface area contributed by atoms with E-state index in [0.717, 1.165) is 12.5 Å². The summed E-state index contributed by atoms with van der Waals surface area (Å²) in [6.45, 7) is 1.26. The van der Waals surface area contributed by atoms with Crippen molar-refractivity contribution in [3.05, 3.63) is 35.9 Å². The molecule has 0 aliphatic carbocycles. The van der Waals surface area contributed by atoms with Gasteiger partial charge in [0.2, 0.25) is 5.54 Å². The summed E-state index contributed by atoms with van der Waals surface area (Å²) in [5, 5.41) is 12.1. The van der Waals surface area contributed by atoms with Crippen LogP contribution in [-0.2, 0) is 35.3 Å². The molecule has 3 amide bonds. The highest BCUT2D eigenvalue weighted by atomic mass is 16.5. The van der Waals surface area contributed by atoms with Crippen molar-refractivity contribution in [3.8, 4) is 0 Å². The van der Waals surface area contributed by atoms with Crippen LogP contribution in [0.1, 0.15) is 38.2 Å². The Morgan fingerprint density at radius 1 is 1.24 bits per heavy atom. The van der Waals surface area contributed by atoms with Crippen molar-refractivity contribution in [2.45, 2.75) is 56.9 Å². The largest absolute Gasteiger partial charge is 0.479 e. The first kappa shape index (κ1) is 25.9.